The SMILES string of the molecule is COC(=O)c1cc(C)c2ncsc2c1. The number of thiazole rings is 1. The lowest BCUT2D eigenvalue weighted by molar-refractivity contribution is 0.0601. The van der Waals surface area contributed by atoms with Crippen LogP contribution in [0.3, 0.4) is 0 Å². The quantitative estimate of drug-likeness (QED) is 0.674. The number of aryl methyl sites for hydroxylation is 1. The molecule has 0 N–H and O–H groups in total. The summed E-state index contributed by atoms with van der Waals surface area (Å²) in [6, 6.07) is 3.61. The Morgan fingerprint density at radius 1 is 1.50 bits per heavy atom. The molecule has 0 fully saturated rings. The number of hydrogen-bond acceptors (Lipinski definition) is 4. The number of nitrogens with zero attached hydrogens (tertiary/aromatic N) is 1. The molecule has 0 aliphatic heterocycles. The highest BCUT2D eigenvalue weighted by Crippen LogP contribution is 2.23. The fraction of sp³-hybridized carbons (Fsp3) is 0.200. The average molecular weight is 207 g/mol. The first-order valence-corrected chi connectivity index (χ1v) is 5.02. The van der Waals surface area contributed by atoms with Gasteiger partial charge in [0.1, 0.15) is 0 Å². The average Bonchev–Trinajstić information content (AvgIpc) is 2.64. The highest BCUT2D eigenvalue weighted by molar-refractivity contribution is 7.16. The van der Waals surface area contributed by atoms with Gasteiger partial charge in [-0.25, -0.2) is 9.78 Å². The lowest BCUT2D eigenvalue weighted by Gasteiger charge is -2.00. The van der Waals surface area contributed by atoms with Crippen molar-refractivity contribution < 1.29 is 9.53 Å². The van der Waals surface area contributed by atoms with Crippen LogP contribution in [0.25, 0.3) is 10.2 Å². The first kappa shape index (κ1) is 9.15. The minimum Gasteiger partial charge on any atom is -0.465 e. The minimum atomic E-state index is -0.302. The summed E-state index contributed by atoms with van der Waals surface area (Å²) in [5.41, 5.74) is 4.33. The van der Waals surface area contributed by atoms with Gasteiger partial charge in [0, 0.05) is 0 Å². The number of ether oxygens (including phenoxy) is 1. The van der Waals surface area contributed by atoms with Gasteiger partial charge >= 0.3 is 5.97 Å². The minimum absolute atomic E-state index is 0.302. The first-order valence-electron chi connectivity index (χ1n) is 4.14. The number of aromatic nitrogens is 1. The molecule has 0 saturated carbocycles. The normalized spacial score (nSPS) is 10.4. The van der Waals surface area contributed by atoms with Crippen molar-refractivity contribution >= 4 is 27.5 Å². The van der Waals surface area contributed by atoms with Gasteiger partial charge in [-0.15, -0.1) is 11.3 Å². The molecule has 1 aromatic heterocycles. The van der Waals surface area contributed by atoms with Crippen LogP contribution in [0.2, 0.25) is 0 Å². The topological polar surface area (TPSA) is 39.2 Å². The summed E-state index contributed by atoms with van der Waals surface area (Å²) in [5.74, 6) is -0.302. The monoisotopic (exact) mass is 207 g/mol. The Balaban J connectivity index is 2.64. The molecule has 2 rings (SSSR count). The maximum atomic E-state index is 11.3. The van der Waals surface area contributed by atoms with Crippen molar-refractivity contribution in [1.29, 1.82) is 0 Å². The van der Waals surface area contributed by atoms with E-state index in [4.69, 9.17) is 0 Å². The molecule has 0 saturated heterocycles. The zero-order chi connectivity index (χ0) is 10.1. The molecule has 1 aromatic carbocycles. The number of esters is 1. The van der Waals surface area contributed by atoms with Gasteiger partial charge in [-0.2, -0.15) is 0 Å². The van der Waals surface area contributed by atoms with Crippen LogP contribution in [-0.4, -0.2) is 18.1 Å². The van der Waals surface area contributed by atoms with Crippen molar-refractivity contribution in [3.05, 3.63) is 28.8 Å². The molecule has 2 aromatic rings. The molecular formula is C10H9NO2S. The van der Waals surface area contributed by atoms with E-state index < -0.39 is 0 Å². The second-order valence-electron chi connectivity index (χ2n) is 2.98. The fourth-order valence-corrected chi connectivity index (χ4v) is 2.17. The van der Waals surface area contributed by atoms with Crippen LogP contribution >= 0.6 is 11.3 Å². The van der Waals surface area contributed by atoms with Gasteiger partial charge in [-0.1, -0.05) is 0 Å². The van der Waals surface area contributed by atoms with Crippen molar-refractivity contribution in [2.24, 2.45) is 0 Å². The number of carbonyl (C=O) groups is 1. The summed E-state index contributed by atoms with van der Waals surface area (Å²) < 4.78 is 5.68. The number of carbonyl (C=O) groups excluding carboxylic acids is 1. The van der Waals surface area contributed by atoms with E-state index in [1.807, 2.05) is 13.0 Å². The molecule has 14 heavy (non-hydrogen) atoms. The Kier molecular flexibility index (Phi) is 2.21. The van der Waals surface area contributed by atoms with Crippen LogP contribution < -0.4 is 0 Å². The molecule has 0 aliphatic rings. The van der Waals surface area contributed by atoms with E-state index in [9.17, 15) is 4.79 Å². The maximum Gasteiger partial charge on any atom is 0.337 e. The maximum absolute atomic E-state index is 11.3. The van der Waals surface area contributed by atoms with Crippen molar-refractivity contribution in [2.45, 2.75) is 6.92 Å². The molecule has 0 aliphatic carbocycles. The Morgan fingerprint density at radius 3 is 3.00 bits per heavy atom. The van der Waals surface area contributed by atoms with E-state index in [0.717, 1.165) is 15.8 Å². The number of benzene rings is 1. The van der Waals surface area contributed by atoms with E-state index in [2.05, 4.69) is 9.72 Å². The summed E-state index contributed by atoms with van der Waals surface area (Å²) in [6.45, 7) is 1.94. The fourth-order valence-electron chi connectivity index (χ4n) is 1.37. The molecule has 0 unspecified atom stereocenters. The van der Waals surface area contributed by atoms with E-state index in [0.29, 0.717) is 5.56 Å². The van der Waals surface area contributed by atoms with Gasteiger partial charge in [-0.05, 0) is 24.6 Å². The van der Waals surface area contributed by atoms with Crippen molar-refractivity contribution in [1.82, 2.24) is 4.98 Å². The molecule has 0 spiro atoms. The standard InChI is InChI=1S/C10H9NO2S/c1-6-3-7(10(12)13-2)4-8-9(6)11-5-14-8/h3-5H,1-2H3. The van der Waals surface area contributed by atoms with E-state index in [1.54, 1.807) is 11.6 Å². The van der Waals surface area contributed by atoms with Gasteiger partial charge in [0.15, 0.2) is 0 Å². The summed E-state index contributed by atoms with van der Waals surface area (Å²) in [5, 5.41) is 0. The molecule has 0 radical (unpaired) electrons. The molecule has 1 heterocycles. The second-order valence-corrected chi connectivity index (χ2v) is 3.87. The Labute approximate surface area is 85.3 Å². The van der Waals surface area contributed by atoms with Crippen LogP contribution in [-0.2, 0) is 4.74 Å². The van der Waals surface area contributed by atoms with Crippen molar-refractivity contribution in [3.63, 3.8) is 0 Å². The molecule has 0 bridgehead atoms. The van der Waals surface area contributed by atoms with Gasteiger partial charge in [0.25, 0.3) is 0 Å². The molecule has 0 atom stereocenters. The van der Waals surface area contributed by atoms with Gasteiger partial charge < -0.3 is 4.74 Å². The molecule has 4 heteroatoms. The van der Waals surface area contributed by atoms with Crippen molar-refractivity contribution in [3.8, 4) is 0 Å². The third-order valence-electron chi connectivity index (χ3n) is 2.05. The van der Waals surface area contributed by atoms with Gasteiger partial charge in [-0.3, -0.25) is 0 Å². The smallest absolute Gasteiger partial charge is 0.337 e. The molecule has 3 nitrogen and oxygen atoms in total. The van der Waals surface area contributed by atoms with Crippen LogP contribution in [0.15, 0.2) is 17.6 Å². The second kappa shape index (κ2) is 3.38. The van der Waals surface area contributed by atoms with Crippen LogP contribution in [0.5, 0.6) is 0 Å². The summed E-state index contributed by atoms with van der Waals surface area (Å²) in [7, 11) is 1.38. The Hall–Kier alpha value is -1.42. The third kappa shape index (κ3) is 1.37. The number of fused-ring (bicyclic) bond motifs is 1. The number of hydrogen-bond donors (Lipinski definition) is 0. The predicted molar refractivity (Wildman–Crippen MR) is 55.7 cm³/mol. The van der Waals surface area contributed by atoms with Crippen molar-refractivity contribution in [2.75, 3.05) is 7.11 Å². The zero-order valence-electron chi connectivity index (χ0n) is 7.90. The lowest BCUT2D eigenvalue weighted by Crippen LogP contribution is -2.01. The zero-order valence-corrected chi connectivity index (χ0v) is 8.72. The highest BCUT2D eigenvalue weighted by Gasteiger charge is 2.09. The first-order chi connectivity index (χ1) is 6.72. The van der Waals surface area contributed by atoms with Crippen LogP contribution in [0, 0.1) is 6.92 Å². The number of methoxy groups -OCH3 is 1. The van der Waals surface area contributed by atoms with E-state index >= 15 is 0 Å². The Morgan fingerprint density at radius 2 is 2.29 bits per heavy atom. The van der Waals surface area contributed by atoms with Crippen LogP contribution in [0.4, 0.5) is 0 Å². The lowest BCUT2D eigenvalue weighted by atomic mass is 10.1. The Bertz CT molecular complexity index is 490. The molecule has 72 valence electrons. The largest absolute Gasteiger partial charge is 0.465 e. The third-order valence-corrected chi connectivity index (χ3v) is 2.82. The van der Waals surface area contributed by atoms with Gasteiger partial charge in [0.2, 0.25) is 0 Å². The summed E-state index contributed by atoms with van der Waals surface area (Å²) >= 11 is 1.52. The predicted octanol–water partition coefficient (Wildman–Crippen LogP) is 2.39. The van der Waals surface area contributed by atoms with Gasteiger partial charge in [0.05, 0.1) is 28.4 Å². The molecule has 0 amide bonds. The van der Waals surface area contributed by atoms with E-state index in [1.165, 1.54) is 18.4 Å². The summed E-state index contributed by atoms with van der Waals surface area (Å²) in [6.07, 6.45) is 0. The van der Waals surface area contributed by atoms with E-state index in [-0.39, 0.29) is 5.97 Å². The summed E-state index contributed by atoms with van der Waals surface area (Å²) in [4.78, 5) is 15.5. The highest BCUT2D eigenvalue weighted by atomic mass is 32.1. The number of rotatable bonds is 1. The van der Waals surface area contributed by atoms with Crippen LogP contribution in [0.1, 0.15) is 15.9 Å². The molecular weight excluding hydrogens is 198 g/mol.